The lowest BCUT2D eigenvalue weighted by Gasteiger charge is -2.56. The fourth-order valence-corrected chi connectivity index (χ4v) is 8.46. The van der Waals surface area contributed by atoms with Gasteiger partial charge in [-0.05, 0) is 118 Å². The van der Waals surface area contributed by atoms with Gasteiger partial charge in [0.2, 0.25) is 0 Å². The summed E-state index contributed by atoms with van der Waals surface area (Å²) in [6.45, 7) is 6.14. The van der Waals surface area contributed by atoms with E-state index in [9.17, 15) is 14.3 Å². The van der Waals surface area contributed by atoms with Gasteiger partial charge in [-0.25, -0.2) is 4.39 Å². The van der Waals surface area contributed by atoms with E-state index in [4.69, 9.17) is 0 Å². The average molecular weight is 413 g/mol. The van der Waals surface area contributed by atoms with Crippen LogP contribution < -0.4 is 0 Å². The van der Waals surface area contributed by atoms with Crippen LogP contribution in [0.3, 0.4) is 0 Å². The normalized spacial score (nSPS) is 45.4. The summed E-state index contributed by atoms with van der Waals surface area (Å²) >= 11 is 0. The highest BCUT2D eigenvalue weighted by molar-refractivity contribution is 5.98. The minimum atomic E-state index is -0.467. The molecule has 5 rings (SSSR count). The van der Waals surface area contributed by atoms with Crippen molar-refractivity contribution in [1.82, 2.24) is 0 Å². The third-order valence-electron chi connectivity index (χ3n) is 10.0. The van der Waals surface area contributed by atoms with Crippen LogP contribution in [0.15, 0.2) is 18.2 Å². The number of aliphatic hydroxyl groups is 1. The van der Waals surface area contributed by atoms with Crippen LogP contribution in [0.1, 0.15) is 87.6 Å². The molecule has 0 aromatic heterocycles. The van der Waals surface area contributed by atoms with Crippen LogP contribution in [0.5, 0.6) is 0 Å². The Morgan fingerprint density at radius 1 is 1.00 bits per heavy atom. The van der Waals surface area contributed by atoms with Crippen molar-refractivity contribution in [3.63, 3.8) is 0 Å². The number of aryl methyl sites for hydroxylation is 1. The monoisotopic (exact) mass is 412 g/mol. The third kappa shape index (κ3) is 3.18. The first-order valence-corrected chi connectivity index (χ1v) is 12.2. The minimum Gasteiger partial charge on any atom is -0.390 e. The number of hydrogen-bond acceptors (Lipinski definition) is 2. The fraction of sp³-hybridized carbons (Fsp3) is 0.741. The molecule has 164 valence electrons. The summed E-state index contributed by atoms with van der Waals surface area (Å²) in [6, 6.07) is 5.02. The Bertz CT molecular complexity index is 845. The van der Waals surface area contributed by atoms with Crippen LogP contribution in [-0.4, -0.2) is 16.5 Å². The van der Waals surface area contributed by atoms with Crippen molar-refractivity contribution in [3.05, 3.63) is 35.1 Å². The number of benzene rings is 1. The molecule has 1 aromatic carbocycles. The Morgan fingerprint density at radius 2 is 1.77 bits per heavy atom. The molecule has 4 aliphatic carbocycles. The molecule has 4 aliphatic rings. The highest BCUT2D eigenvalue weighted by Crippen LogP contribution is 2.64. The second kappa shape index (κ2) is 7.15. The van der Waals surface area contributed by atoms with Gasteiger partial charge in [0.05, 0.1) is 5.60 Å². The lowest BCUT2D eigenvalue weighted by atomic mass is 9.49. The second-order valence-electron chi connectivity index (χ2n) is 11.7. The van der Waals surface area contributed by atoms with E-state index in [-0.39, 0.29) is 22.9 Å². The first-order chi connectivity index (χ1) is 14.2. The maximum absolute atomic E-state index is 14.1. The molecule has 0 spiro atoms. The molecule has 4 saturated carbocycles. The van der Waals surface area contributed by atoms with E-state index in [1.54, 1.807) is 13.0 Å². The SMILES string of the molecule is Cc1ccc(C(=O)[C@H]2CC[C@H]3[C@@H]4CC[C@@H]5C[C@](C)(O)CC[C@@H]5[C@H]4CC[C@]23C)cc1F. The van der Waals surface area contributed by atoms with Crippen LogP contribution in [0.25, 0.3) is 0 Å². The van der Waals surface area contributed by atoms with Crippen LogP contribution in [-0.2, 0) is 0 Å². The number of fused-ring (bicyclic) bond motifs is 5. The number of hydrogen-bond donors (Lipinski definition) is 1. The molecule has 1 N–H and O–H groups in total. The van der Waals surface area contributed by atoms with Gasteiger partial charge in [-0.15, -0.1) is 0 Å². The Morgan fingerprint density at radius 3 is 2.53 bits per heavy atom. The van der Waals surface area contributed by atoms with Gasteiger partial charge in [-0.1, -0.05) is 19.1 Å². The summed E-state index contributed by atoms with van der Waals surface area (Å²) in [7, 11) is 0. The largest absolute Gasteiger partial charge is 0.390 e. The molecular formula is C27H37FO2. The molecule has 0 radical (unpaired) electrons. The van der Waals surface area contributed by atoms with Gasteiger partial charge < -0.3 is 5.11 Å². The van der Waals surface area contributed by atoms with Crippen molar-refractivity contribution in [3.8, 4) is 0 Å². The summed E-state index contributed by atoms with van der Waals surface area (Å²) in [5.74, 6) is 3.54. The number of carbonyl (C=O) groups is 1. The van der Waals surface area contributed by atoms with Gasteiger partial charge in [-0.2, -0.15) is 0 Å². The van der Waals surface area contributed by atoms with E-state index in [1.165, 1.54) is 31.7 Å². The molecule has 0 bridgehead atoms. The summed E-state index contributed by atoms with van der Waals surface area (Å²) in [5.41, 5.74) is 0.758. The van der Waals surface area contributed by atoms with Crippen molar-refractivity contribution in [2.45, 2.75) is 84.2 Å². The predicted octanol–water partition coefficient (Wildman–Crippen LogP) is 6.34. The quantitative estimate of drug-likeness (QED) is 0.576. The molecule has 4 fully saturated rings. The zero-order valence-electron chi connectivity index (χ0n) is 18.8. The van der Waals surface area contributed by atoms with Crippen molar-refractivity contribution in [2.24, 2.45) is 40.9 Å². The zero-order valence-corrected chi connectivity index (χ0v) is 18.8. The van der Waals surface area contributed by atoms with Gasteiger partial charge in [0.25, 0.3) is 0 Å². The van der Waals surface area contributed by atoms with E-state index in [0.717, 1.165) is 49.9 Å². The summed E-state index contributed by atoms with van der Waals surface area (Å²) < 4.78 is 14.1. The Kier molecular flexibility index (Phi) is 4.93. The van der Waals surface area contributed by atoms with Gasteiger partial charge in [0.15, 0.2) is 5.78 Å². The van der Waals surface area contributed by atoms with Crippen LogP contribution in [0.2, 0.25) is 0 Å². The first-order valence-electron chi connectivity index (χ1n) is 12.2. The average Bonchev–Trinajstić information content (AvgIpc) is 3.05. The van der Waals surface area contributed by atoms with Crippen LogP contribution in [0.4, 0.5) is 4.39 Å². The van der Waals surface area contributed by atoms with Crippen molar-refractivity contribution in [2.75, 3.05) is 0 Å². The molecule has 8 atom stereocenters. The topological polar surface area (TPSA) is 37.3 Å². The van der Waals surface area contributed by atoms with Gasteiger partial charge in [0.1, 0.15) is 5.82 Å². The standard InChI is InChI=1S/C27H37FO2/c1-16-4-5-17(14-24(16)28)25(29)23-9-8-22-21-7-6-18-15-26(2,30)12-10-19(18)20(21)11-13-27(22,23)3/h4-5,14,18-23,30H,6-13,15H2,1-3H3/t18-,19+,20-,21-,22+,23-,26-,27+/m1/s1. The Hall–Kier alpha value is -1.22. The minimum absolute atomic E-state index is 0.0374. The van der Waals surface area contributed by atoms with Gasteiger partial charge >= 0.3 is 0 Å². The fourth-order valence-electron chi connectivity index (χ4n) is 8.46. The van der Waals surface area contributed by atoms with Crippen LogP contribution in [0, 0.1) is 53.7 Å². The van der Waals surface area contributed by atoms with Crippen molar-refractivity contribution < 1.29 is 14.3 Å². The molecule has 1 aromatic rings. The molecule has 3 heteroatoms. The Balaban J connectivity index is 1.36. The number of Topliss-reactive ketones (excluding diaryl/α,β-unsaturated/α-hetero) is 1. The molecular weight excluding hydrogens is 375 g/mol. The van der Waals surface area contributed by atoms with E-state index in [2.05, 4.69) is 6.92 Å². The van der Waals surface area contributed by atoms with Crippen molar-refractivity contribution >= 4 is 5.78 Å². The first kappa shape index (κ1) is 20.7. The maximum Gasteiger partial charge on any atom is 0.166 e. The highest BCUT2D eigenvalue weighted by atomic mass is 19.1. The maximum atomic E-state index is 14.1. The summed E-state index contributed by atoms with van der Waals surface area (Å²) in [5, 5.41) is 10.6. The van der Waals surface area contributed by atoms with E-state index >= 15 is 0 Å². The van der Waals surface area contributed by atoms with E-state index in [0.29, 0.717) is 23.0 Å². The molecule has 0 amide bonds. The van der Waals surface area contributed by atoms with E-state index < -0.39 is 5.60 Å². The predicted molar refractivity (Wildman–Crippen MR) is 117 cm³/mol. The van der Waals surface area contributed by atoms with E-state index in [1.807, 2.05) is 13.0 Å². The number of ketones is 1. The van der Waals surface area contributed by atoms with Crippen LogP contribution >= 0.6 is 0 Å². The lowest BCUT2D eigenvalue weighted by Crippen LogP contribution is -2.51. The Labute approximate surface area is 180 Å². The third-order valence-corrected chi connectivity index (χ3v) is 10.0. The van der Waals surface area contributed by atoms with Crippen molar-refractivity contribution in [1.29, 1.82) is 0 Å². The molecule has 0 unspecified atom stereocenters. The molecule has 0 heterocycles. The number of rotatable bonds is 2. The highest BCUT2D eigenvalue weighted by Gasteiger charge is 2.58. The molecule has 0 aliphatic heterocycles. The number of halogens is 1. The smallest absolute Gasteiger partial charge is 0.166 e. The zero-order chi connectivity index (χ0) is 21.3. The van der Waals surface area contributed by atoms with Gasteiger partial charge in [0, 0.05) is 11.5 Å². The molecule has 30 heavy (non-hydrogen) atoms. The molecule has 0 saturated heterocycles. The number of carbonyl (C=O) groups excluding carboxylic acids is 1. The lowest BCUT2D eigenvalue weighted by molar-refractivity contribution is -0.0976. The molecule has 2 nitrogen and oxygen atoms in total. The van der Waals surface area contributed by atoms with Gasteiger partial charge in [-0.3, -0.25) is 4.79 Å². The summed E-state index contributed by atoms with van der Waals surface area (Å²) in [6.07, 6.45) is 10.1. The summed E-state index contributed by atoms with van der Waals surface area (Å²) in [4.78, 5) is 13.4. The second-order valence-corrected chi connectivity index (χ2v) is 11.7.